The molecule has 37 heavy (non-hydrogen) atoms. The average molecular weight is 499 g/mol. The molecule has 0 unspecified atom stereocenters. The fourth-order valence-electron chi connectivity index (χ4n) is 4.58. The second-order valence-corrected chi connectivity index (χ2v) is 9.33. The number of rotatable bonds is 7. The minimum Gasteiger partial charge on any atom is -0.450 e. The first-order valence-corrected chi connectivity index (χ1v) is 12.3. The molecule has 0 aliphatic carbocycles. The molecule has 9 heteroatoms. The van der Waals surface area contributed by atoms with Gasteiger partial charge in [-0.25, -0.2) is 0 Å². The normalized spacial score (nSPS) is 13.5. The third kappa shape index (κ3) is 5.11. The van der Waals surface area contributed by atoms with Crippen molar-refractivity contribution in [2.75, 3.05) is 39.5 Å². The van der Waals surface area contributed by atoms with E-state index in [1.165, 1.54) is 4.90 Å². The first-order chi connectivity index (χ1) is 17.9. The number of aromatic nitrogens is 3. The van der Waals surface area contributed by atoms with Crippen LogP contribution in [0, 0.1) is 0 Å². The average Bonchev–Trinajstić information content (AvgIpc) is 3.61. The van der Waals surface area contributed by atoms with Crippen LogP contribution in [0.25, 0.3) is 27.7 Å². The Balaban J connectivity index is 1.48. The lowest BCUT2D eigenvalue weighted by Crippen LogP contribution is -2.35. The monoisotopic (exact) mass is 498 g/mol. The van der Waals surface area contributed by atoms with Crippen molar-refractivity contribution in [2.45, 2.75) is 19.4 Å². The zero-order valence-electron chi connectivity index (χ0n) is 21.3. The van der Waals surface area contributed by atoms with Crippen LogP contribution in [-0.4, -0.2) is 70.8 Å². The van der Waals surface area contributed by atoms with Crippen molar-refractivity contribution in [2.24, 2.45) is 0 Å². The van der Waals surface area contributed by atoms with E-state index < -0.39 is 0 Å². The summed E-state index contributed by atoms with van der Waals surface area (Å²) < 4.78 is 7.77. The Morgan fingerprint density at radius 1 is 1.11 bits per heavy atom. The van der Waals surface area contributed by atoms with Gasteiger partial charge >= 0.3 is 0 Å². The summed E-state index contributed by atoms with van der Waals surface area (Å²) in [6, 6.07) is 14.0. The molecule has 0 saturated heterocycles. The van der Waals surface area contributed by atoms with Gasteiger partial charge in [0.2, 0.25) is 5.91 Å². The Bertz CT molecular complexity index is 1450. The highest BCUT2D eigenvalue weighted by molar-refractivity contribution is 6.01. The van der Waals surface area contributed by atoms with Gasteiger partial charge in [-0.2, -0.15) is 0 Å². The molecule has 5 rings (SSSR count). The molecule has 190 valence electrons. The van der Waals surface area contributed by atoms with Crippen molar-refractivity contribution in [3.8, 4) is 11.1 Å². The summed E-state index contributed by atoms with van der Waals surface area (Å²) in [7, 11) is 5.30. The van der Waals surface area contributed by atoms with E-state index in [0.717, 1.165) is 39.8 Å². The van der Waals surface area contributed by atoms with Gasteiger partial charge in [0.1, 0.15) is 5.58 Å². The van der Waals surface area contributed by atoms with Crippen molar-refractivity contribution in [1.29, 1.82) is 0 Å². The van der Waals surface area contributed by atoms with E-state index in [0.29, 0.717) is 37.4 Å². The summed E-state index contributed by atoms with van der Waals surface area (Å²) in [6.45, 7) is 1.72. The van der Waals surface area contributed by atoms with Gasteiger partial charge in [0.15, 0.2) is 5.76 Å². The Kier molecular flexibility index (Phi) is 6.76. The topological polar surface area (TPSA) is 96.5 Å². The molecule has 0 spiro atoms. The molecule has 2 aromatic carbocycles. The van der Waals surface area contributed by atoms with Gasteiger partial charge in [0.05, 0.1) is 12.7 Å². The van der Waals surface area contributed by atoms with Gasteiger partial charge in [0.25, 0.3) is 5.91 Å². The summed E-state index contributed by atoms with van der Waals surface area (Å²) in [5, 5.41) is 11.7. The number of carbonyl (C=O) groups is 2. The molecule has 2 aromatic heterocycles. The molecule has 0 bridgehead atoms. The lowest BCUT2D eigenvalue weighted by molar-refractivity contribution is -0.131. The first kappa shape index (κ1) is 24.3. The highest BCUT2D eigenvalue weighted by Crippen LogP contribution is 2.36. The van der Waals surface area contributed by atoms with E-state index in [2.05, 4.69) is 27.8 Å². The third-order valence-corrected chi connectivity index (χ3v) is 6.62. The largest absolute Gasteiger partial charge is 0.450 e. The van der Waals surface area contributed by atoms with E-state index in [9.17, 15) is 9.59 Å². The van der Waals surface area contributed by atoms with Gasteiger partial charge in [-0.3, -0.25) is 14.3 Å². The molecule has 0 radical (unpaired) electrons. The Morgan fingerprint density at radius 3 is 2.62 bits per heavy atom. The second kappa shape index (κ2) is 10.3. The third-order valence-electron chi connectivity index (χ3n) is 6.62. The number of carbonyl (C=O) groups excluding carboxylic acids is 2. The van der Waals surface area contributed by atoms with Crippen molar-refractivity contribution >= 4 is 34.0 Å². The fraction of sp³-hybridized carbons (Fsp3) is 0.286. The SMILES string of the molecule is CNc1ccc(-c2cc(C3=CCCN(C(=O)CCn4ccnn4)C3)cc3cc(C(=O)N(C)C)oc23)cc1. The highest BCUT2D eigenvalue weighted by atomic mass is 16.3. The molecule has 3 heterocycles. The van der Waals surface area contributed by atoms with E-state index in [1.54, 1.807) is 37.2 Å². The molecular weight excluding hydrogens is 468 g/mol. The fourth-order valence-corrected chi connectivity index (χ4v) is 4.58. The summed E-state index contributed by atoms with van der Waals surface area (Å²) in [6.07, 6.45) is 6.72. The molecule has 2 amide bonds. The Morgan fingerprint density at radius 2 is 1.92 bits per heavy atom. The number of benzene rings is 2. The maximum atomic E-state index is 12.9. The summed E-state index contributed by atoms with van der Waals surface area (Å²) in [5.41, 5.74) is 5.66. The van der Waals surface area contributed by atoms with Crippen LogP contribution in [0.1, 0.15) is 29.0 Å². The maximum absolute atomic E-state index is 12.9. The molecule has 1 N–H and O–H groups in total. The number of hydrogen-bond donors (Lipinski definition) is 1. The first-order valence-electron chi connectivity index (χ1n) is 12.3. The van der Waals surface area contributed by atoms with Crippen LogP contribution in [0.15, 0.2) is 65.4 Å². The molecule has 0 saturated carbocycles. The van der Waals surface area contributed by atoms with Crippen LogP contribution in [-0.2, 0) is 11.3 Å². The van der Waals surface area contributed by atoms with Crippen LogP contribution in [0.5, 0.6) is 0 Å². The van der Waals surface area contributed by atoms with Crippen LogP contribution in [0.4, 0.5) is 5.69 Å². The predicted octanol–water partition coefficient (Wildman–Crippen LogP) is 4.14. The number of aryl methyl sites for hydroxylation is 1. The van der Waals surface area contributed by atoms with E-state index >= 15 is 0 Å². The van der Waals surface area contributed by atoms with Gasteiger partial charge in [-0.05, 0) is 53.5 Å². The molecule has 1 aliphatic rings. The predicted molar refractivity (Wildman–Crippen MR) is 143 cm³/mol. The number of nitrogens with one attached hydrogen (secondary N) is 1. The van der Waals surface area contributed by atoms with Gasteiger partial charge in [-0.15, -0.1) is 5.10 Å². The maximum Gasteiger partial charge on any atom is 0.289 e. The molecule has 9 nitrogen and oxygen atoms in total. The molecule has 0 fully saturated rings. The van der Waals surface area contributed by atoms with Crippen molar-refractivity contribution in [3.05, 3.63) is 72.3 Å². The molecular formula is C28H30N6O3. The summed E-state index contributed by atoms with van der Waals surface area (Å²) >= 11 is 0. The van der Waals surface area contributed by atoms with Crippen molar-refractivity contribution in [1.82, 2.24) is 24.8 Å². The Labute approximate surface area is 215 Å². The van der Waals surface area contributed by atoms with E-state index in [1.807, 2.05) is 42.3 Å². The number of fused-ring (bicyclic) bond motifs is 1. The minimum absolute atomic E-state index is 0.0900. The quantitative estimate of drug-likeness (QED) is 0.411. The smallest absolute Gasteiger partial charge is 0.289 e. The molecule has 0 atom stereocenters. The number of hydrogen-bond acceptors (Lipinski definition) is 6. The van der Waals surface area contributed by atoms with Gasteiger partial charge in [-0.1, -0.05) is 23.4 Å². The number of nitrogens with zero attached hydrogens (tertiary/aromatic N) is 5. The lowest BCUT2D eigenvalue weighted by Gasteiger charge is -2.28. The lowest BCUT2D eigenvalue weighted by atomic mass is 9.94. The van der Waals surface area contributed by atoms with Crippen LogP contribution < -0.4 is 5.32 Å². The standard InChI is InChI=1S/C28H30N6O3/c1-29-23-8-6-19(7-9-23)24-16-21(15-22-17-25(37-27(22)24)28(36)32(2)3)20-5-4-12-33(18-20)26(35)10-13-34-14-11-30-31-34/h5-9,11,14-17,29H,4,10,12-13,18H2,1-3H3. The summed E-state index contributed by atoms with van der Waals surface area (Å²) in [5.74, 6) is 0.204. The van der Waals surface area contributed by atoms with Gasteiger partial charge in [0, 0.05) is 63.5 Å². The van der Waals surface area contributed by atoms with E-state index in [-0.39, 0.29) is 11.8 Å². The number of anilines is 1. The van der Waals surface area contributed by atoms with Crippen LogP contribution in [0.3, 0.4) is 0 Å². The Hall–Kier alpha value is -4.40. The zero-order valence-corrected chi connectivity index (χ0v) is 21.3. The second-order valence-electron chi connectivity index (χ2n) is 9.33. The van der Waals surface area contributed by atoms with Crippen LogP contribution in [0.2, 0.25) is 0 Å². The number of amides is 2. The van der Waals surface area contributed by atoms with E-state index in [4.69, 9.17) is 4.42 Å². The van der Waals surface area contributed by atoms with Crippen molar-refractivity contribution < 1.29 is 14.0 Å². The molecule has 1 aliphatic heterocycles. The van der Waals surface area contributed by atoms with Crippen LogP contribution >= 0.6 is 0 Å². The highest BCUT2D eigenvalue weighted by Gasteiger charge is 2.22. The zero-order chi connectivity index (χ0) is 25.9. The summed E-state index contributed by atoms with van der Waals surface area (Å²) in [4.78, 5) is 29.0. The van der Waals surface area contributed by atoms with Gasteiger partial charge < -0.3 is 19.5 Å². The molecule has 4 aromatic rings. The number of furan rings is 1. The minimum atomic E-state index is -0.185. The van der Waals surface area contributed by atoms with Crippen molar-refractivity contribution in [3.63, 3.8) is 0 Å².